The number of aromatic nitrogens is 3. The molecule has 2 aromatic rings. The zero-order valence-corrected chi connectivity index (χ0v) is 19.7. The molecule has 0 aliphatic heterocycles. The average molecular weight is 485 g/mol. The largest absolute Gasteiger partial charge is 0.362 e. The summed E-state index contributed by atoms with van der Waals surface area (Å²) >= 11 is 0. The molecule has 27 heavy (non-hydrogen) atoms. The second kappa shape index (κ2) is 10.5. The summed E-state index contributed by atoms with van der Waals surface area (Å²) in [5.74, 6) is 2.21. The Morgan fingerprint density at radius 1 is 1.26 bits per heavy atom. The van der Waals surface area contributed by atoms with E-state index in [9.17, 15) is 0 Å². The van der Waals surface area contributed by atoms with Crippen LogP contribution in [0.4, 0.5) is 5.82 Å². The molecule has 0 aromatic carbocycles. The number of hydrogen-bond acceptors (Lipinski definition) is 4. The number of pyridine rings is 1. The Labute approximate surface area is 179 Å². The van der Waals surface area contributed by atoms with E-state index in [4.69, 9.17) is 0 Å². The highest BCUT2D eigenvalue weighted by atomic mass is 127. The molecule has 7 nitrogen and oxygen atoms in total. The van der Waals surface area contributed by atoms with Gasteiger partial charge in [-0.25, -0.2) is 4.98 Å². The number of aryl methyl sites for hydroxylation is 1. The molecule has 150 valence electrons. The first kappa shape index (κ1) is 23.2. The second-order valence-corrected chi connectivity index (χ2v) is 7.01. The third kappa shape index (κ3) is 6.08. The summed E-state index contributed by atoms with van der Waals surface area (Å²) in [5.41, 5.74) is 3.50. The van der Waals surface area contributed by atoms with Crippen molar-refractivity contribution in [3.05, 3.63) is 41.3 Å². The minimum Gasteiger partial charge on any atom is -0.362 e. The maximum Gasteiger partial charge on any atom is 0.193 e. The van der Waals surface area contributed by atoms with Gasteiger partial charge in [0.05, 0.1) is 5.69 Å². The van der Waals surface area contributed by atoms with Crippen molar-refractivity contribution in [2.75, 3.05) is 33.1 Å². The summed E-state index contributed by atoms with van der Waals surface area (Å²) in [7, 11) is 9.82. The van der Waals surface area contributed by atoms with Gasteiger partial charge in [0.2, 0.25) is 0 Å². The van der Waals surface area contributed by atoms with E-state index in [1.807, 2.05) is 57.1 Å². The van der Waals surface area contributed by atoms with E-state index in [0.717, 1.165) is 29.6 Å². The first-order chi connectivity index (χ1) is 12.3. The zero-order valence-electron chi connectivity index (χ0n) is 17.4. The van der Waals surface area contributed by atoms with E-state index in [-0.39, 0.29) is 24.0 Å². The van der Waals surface area contributed by atoms with Crippen molar-refractivity contribution in [3.63, 3.8) is 0 Å². The molecular formula is C19H32IN7. The van der Waals surface area contributed by atoms with Gasteiger partial charge in [-0.2, -0.15) is 5.10 Å². The third-order valence-corrected chi connectivity index (χ3v) is 4.19. The van der Waals surface area contributed by atoms with Crippen LogP contribution in [0, 0.1) is 0 Å². The van der Waals surface area contributed by atoms with Crippen LogP contribution in [0.15, 0.2) is 29.5 Å². The lowest BCUT2D eigenvalue weighted by Crippen LogP contribution is -2.38. The van der Waals surface area contributed by atoms with Gasteiger partial charge in [0.25, 0.3) is 0 Å². The van der Waals surface area contributed by atoms with E-state index in [1.165, 1.54) is 5.56 Å². The Balaban J connectivity index is 0.00000364. The number of anilines is 1. The van der Waals surface area contributed by atoms with Crippen molar-refractivity contribution >= 4 is 35.8 Å². The second-order valence-electron chi connectivity index (χ2n) is 7.01. The summed E-state index contributed by atoms with van der Waals surface area (Å²) in [5, 5.41) is 8.03. The summed E-state index contributed by atoms with van der Waals surface area (Å²) in [6.07, 6.45) is 3.90. The number of aliphatic imine (C=N–C) groups is 1. The van der Waals surface area contributed by atoms with Gasteiger partial charge in [-0.1, -0.05) is 19.9 Å². The Hall–Kier alpha value is -1.84. The fourth-order valence-corrected chi connectivity index (χ4v) is 3.02. The van der Waals surface area contributed by atoms with Gasteiger partial charge < -0.3 is 15.1 Å². The van der Waals surface area contributed by atoms with Crippen molar-refractivity contribution < 1.29 is 0 Å². The van der Waals surface area contributed by atoms with Crippen LogP contribution in [-0.2, 0) is 20.1 Å². The number of guanidine groups is 1. The van der Waals surface area contributed by atoms with Gasteiger partial charge in [-0.3, -0.25) is 9.67 Å². The minimum atomic E-state index is 0. The van der Waals surface area contributed by atoms with Gasteiger partial charge in [0.15, 0.2) is 5.96 Å². The standard InChI is InChI=1S/C19H31N7.HI/c1-14(2)17-16(13-26(7)23-17)12-25(6)19(20-3)22-11-15-9-8-10-21-18(15)24(4)5;/h8-10,13-14H,11-12H2,1-7H3,(H,20,22);1H. The molecule has 2 heterocycles. The van der Waals surface area contributed by atoms with Crippen LogP contribution in [0.25, 0.3) is 0 Å². The maximum absolute atomic E-state index is 4.59. The molecule has 0 atom stereocenters. The molecule has 0 unspecified atom stereocenters. The van der Waals surface area contributed by atoms with Crippen molar-refractivity contribution in [2.24, 2.45) is 12.0 Å². The number of nitrogens with zero attached hydrogens (tertiary/aromatic N) is 6. The number of nitrogens with one attached hydrogen (secondary N) is 1. The lowest BCUT2D eigenvalue weighted by molar-refractivity contribution is 0.473. The monoisotopic (exact) mass is 485 g/mol. The quantitative estimate of drug-likeness (QED) is 0.388. The highest BCUT2D eigenvalue weighted by Crippen LogP contribution is 2.19. The minimum absolute atomic E-state index is 0. The first-order valence-electron chi connectivity index (χ1n) is 8.88. The predicted molar refractivity (Wildman–Crippen MR) is 123 cm³/mol. The van der Waals surface area contributed by atoms with E-state index >= 15 is 0 Å². The molecule has 0 saturated heterocycles. The topological polar surface area (TPSA) is 61.6 Å². The molecule has 8 heteroatoms. The molecule has 0 spiro atoms. The van der Waals surface area contributed by atoms with Gasteiger partial charge in [-0.05, 0) is 12.0 Å². The molecule has 0 radical (unpaired) electrons. The molecular weight excluding hydrogens is 453 g/mol. The Bertz CT molecular complexity index is 752. The number of hydrogen-bond donors (Lipinski definition) is 1. The van der Waals surface area contributed by atoms with E-state index in [1.54, 1.807) is 0 Å². The Morgan fingerprint density at radius 2 is 1.96 bits per heavy atom. The van der Waals surface area contributed by atoms with Crippen LogP contribution in [0.5, 0.6) is 0 Å². The molecule has 2 aromatic heterocycles. The fraction of sp³-hybridized carbons (Fsp3) is 0.526. The summed E-state index contributed by atoms with van der Waals surface area (Å²) < 4.78 is 1.88. The molecule has 0 amide bonds. The van der Waals surface area contributed by atoms with Crippen LogP contribution < -0.4 is 10.2 Å². The van der Waals surface area contributed by atoms with E-state index < -0.39 is 0 Å². The van der Waals surface area contributed by atoms with Crippen LogP contribution in [0.3, 0.4) is 0 Å². The summed E-state index contributed by atoms with van der Waals surface area (Å²) in [4.78, 5) is 13.0. The number of halogens is 1. The predicted octanol–water partition coefficient (Wildman–Crippen LogP) is 2.83. The van der Waals surface area contributed by atoms with Crippen molar-refractivity contribution in [1.29, 1.82) is 0 Å². The van der Waals surface area contributed by atoms with Crippen LogP contribution >= 0.6 is 24.0 Å². The van der Waals surface area contributed by atoms with Gasteiger partial charge in [0, 0.05) is 71.8 Å². The highest BCUT2D eigenvalue weighted by Gasteiger charge is 2.15. The fourth-order valence-electron chi connectivity index (χ4n) is 3.02. The molecule has 0 saturated carbocycles. The van der Waals surface area contributed by atoms with Gasteiger partial charge in [-0.15, -0.1) is 24.0 Å². The SMILES string of the molecule is CN=C(NCc1cccnc1N(C)C)N(C)Cc1cn(C)nc1C(C)C.I. The van der Waals surface area contributed by atoms with Crippen LogP contribution in [-0.4, -0.2) is 53.8 Å². The van der Waals surface area contributed by atoms with Crippen molar-refractivity contribution in [2.45, 2.75) is 32.9 Å². The van der Waals surface area contributed by atoms with Crippen molar-refractivity contribution in [3.8, 4) is 0 Å². The average Bonchev–Trinajstić information content (AvgIpc) is 2.96. The molecule has 2 rings (SSSR count). The first-order valence-corrected chi connectivity index (χ1v) is 8.88. The smallest absolute Gasteiger partial charge is 0.193 e. The van der Waals surface area contributed by atoms with Crippen LogP contribution in [0.2, 0.25) is 0 Å². The Kier molecular flexibility index (Phi) is 9.01. The number of rotatable bonds is 6. The zero-order chi connectivity index (χ0) is 19.3. The van der Waals surface area contributed by atoms with E-state index in [2.05, 4.69) is 51.4 Å². The normalized spacial score (nSPS) is 11.3. The Morgan fingerprint density at radius 3 is 2.56 bits per heavy atom. The lowest BCUT2D eigenvalue weighted by Gasteiger charge is -2.23. The molecule has 0 bridgehead atoms. The lowest BCUT2D eigenvalue weighted by atomic mass is 10.1. The summed E-state index contributed by atoms with van der Waals surface area (Å²) in [6.45, 7) is 5.77. The van der Waals surface area contributed by atoms with Gasteiger partial charge in [0.1, 0.15) is 5.82 Å². The maximum atomic E-state index is 4.59. The highest BCUT2D eigenvalue weighted by molar-refractivity contribution is 14.0. The summed E-state index contributed by atoms with van der Waals surface area (Å²) in [6, 6.07) is 4.04. The van der Waals surface area contributed by atoms with Crippen LogP contribution in [0.1, 0.15) is 36.6 Å². The molecule has 0 aliphatic rings. The third-order valence-electron chi connectivity index (χ3n) is 4.19. The molecule has 0 aliphatic carbocycles. The van der Waals surface area contributed by atoms with E-state index in [0.29, 0.717) is 12.5 Å². The van der Waals surface area contributed by atoms with Gasteiger partial charge >= 0.3 is 0 Å². The molecule has 1 N–H and O–H groups in total. The van der Waals surface area contributed by atoms with Crippen molar-refractivity contribution in [1.82, 2.24) is 25.0 Å². The molecule has 0 fully saturated rings.